The van der Waals surface area contributed by atoms with E-state index < -0.39 is 6.10 Å². The number of allylic oxidation sites excluding steroid dienone is 2. The molecule has 0 aromatic carbocycles. The summed E-state index contributed by atoms with van der Waals surface area (Å²) < 4.78 is 5.48. The van der Waals surface area contributed by atoms with Crippen LogP contribution in [0.5, 0.6) is 0 Å². The second-order valence-corrected chi connectivity index (χ2v) is 4.16. The average molecular weight is 212 g/mol. The highest BCUT2D eigenvalue weighted by Gasteiger charge is 2.20. The van der Waals surface area contributed by atoms with E-state index in [4.69, 9.17) is 10.6 Å². The SMILES string of the molecule is CC(OCC1CC=CCC1C)C(=O)NN. The van der Waals surface area contributed by atoms with Gasteiger partial charge < -0.3 is 4.74 Å². The molecular weight excluding hydrogens is 192 g/mol. The summed E-state index contributed by atoms with van der Waals surface area (Å²) in [6.45, 7) is 4.55. The lowest BCUT2D eigenvalue weighted by atomic mass is 9.85. The van der Waals surface area contributed by atoms with Gasteiger partial charge in [-0.15, -0.1) is 0 Å². The van der Waals surface area contributed by atoms with Crippen LogP contribution in [0.2, 0.25) is 0 Å². The van der Waals surface area contributed by atoms with Crippen molar-refractivity contribution in [2.45, 2.75) is 32.8 Å². The Hall–Kier alpha value is -0.870. The van der Waals surface area contributed by atoms with E-state index in [-0.39, 0.29) is 5.91 Å². The third-order valence-corrected chi connectivity index (χ3v) is 2.99. The van der Waals surface area contributed by atoms with E-state index >= 15 is 0 Å². The summed E-state index contributed by atoms with van der Waals surface area (Å²) in [4.78, 5) is 11.1. The topological polar surface area (TPSA) is 64.3 Å². The highest BCUT2D eigenvalue weighted by Crippen LogP contribution is 2.25. The molecule has 4 nitrogen and oxygen atoms in total. The minimum atomic E-state index is -0.465. The molecule has 1 rings (SSSR count). The molecule has 86 valence electrons. The number of nitrogens with one attached hydrogen (secondary N) is 1. The Kier molecular flexibility index (Phi) is 4.78. The largest absolute Gasteiger partial charge is 0.368 e. The summed E-state index contributed by atoms with van der Waals surface area (Å²) in [5.41, 5.74) is 2.09. The number of carbonyl (C=O) groups is 1. The monoisotopic (exact) mass is 212 g/mol. The molecule has 0 heterocycles. The van der Waals surface area contributed by atoms with Crippen LogP contribution in [-0.2, 0) is 9.53 Å². The van der Waals surface area contributed by atoms with Gasteiger partial charge in [0, 0.05) is 0 Å². The van der Waals surface area contributed by atoms with E-state index in [1.54, 1.807) is 6.92 Å². The van der Waals surface area contributed by atoms with Crippen LogP contribution in [0, 0.1) is 11.8 Å². The van der Waals surface area contributed by atoms with Crippen molar-refractivity contribution in [3.63, 3.8) is 0 Å². The second-order valence-electron chi connectivity index (χ2n) is 4.16. The van der Waals surface area contributed by atoms with Crippen LogP contribution in [0.4, 0.5) is 0 Å². The summed E-state index contributed by atoms with van der Waals surface area (Å²) in [5.74, 6) is 5.89. The van der Waals surface area contributed by atoms with Gasteiger partial charge in [-0.2, -0.15) is 0 Å². The van der Waals surface area contributed by atoms with Crippen molar-refractivity contribution >= 4 is 5.91 Å². The molecule has 0 fully saturated rings. The third kappa shape index (κ3) is 3.64. The van der Waals surface area contributed by atoms with Gasteiger partial charge in [0.05, 0.1) is 6.61 Å². The number of amides is 1. The Morgan fingerprint density at radius 3 is 2.87 bits per heavy atom. The minimum Gasteiger partial charge on any atom is -0.368 e. The molecule has 0 aliphatic heterocycles. The predicted octanol–water partition coefficient (Wildman–Crippen LogP) is 0.984. The fraction of sp³-hybridized carbons (Fsp3) is 0.727. The molecule has 0 bridgehead atoms. The van der Waals surface area contributed by atoms with Crippen LogP contribution in [0.3, 0.4) is 0 Å². The van der Waals surface area contributed by atoms with E-state index in [9.17, 15) is 4.79 Å². The van der Waals surface area contributed by atoms with Gasteiger partial charge in [-0.3, -0.25) is 10.2 Å². The van der Waals surface area contributed by atoms with E-state index in [2.05, 4.69) is 24.5 Å². The Balaban J connectivity index is 2.30. The maximum Gasteiger partial charge on any atom is 0.262 e. The van der Waals surface area contributed by atoms with Crippen molar-refractivity contribution in [1.29, 1.82) is 0 Å². The van der Waals surface area contributed by atoms with Gasteiger partial charge in [-0.05, 0) is 31.6 Å². The predicted molar refractivity (Wildman–Crippen MR) is 58.8 cm³/mol. The first kappa shape index (κ1) is 12.2. The molecule has 3 N–H and O–H groups in total. The maximum atomic E-state index is 11.1. The Morgan fingerprint density at radius 1 is 1.60 bits per heavy atom. The highest BCUT2D eigenvalue weighted by atomic mass is 16.5. The molecule has 0 saturated carbocycles. The molecule has 0 aromatic rings. The van der Waals surface area contributed by atoms with Crippen LogP contribution in [0.25, 0.3) is 0 Å². The molecule has 0 aromatic heterocycles. The molecule has 0 radical (unpaired) electrons. The van der Waals surface area contributed by atoms with Gasteiger partial charge in [0.25, 0.3) is 5.91 Å². The van der Waals surface area contributed by atoms with Gasteiger partial charge in [-0.25, -0.2) is 5.84 Å². The van der Waals surface area contributed by atoms with Crippen molar-refractivity contribution in [3.05, 3.63) is 12.2 Å². The standard InChI is InChI=1S/C11H20N2O2/c1-8-5-3-4-6-10(8)7-15-9(2)11(14)13-12/h3-4,8-10H,5-7,12H2,1-2H3,(H,13,14). The normalized spacial score (nSPS) is 27.4. The second kappa shape index (κ2) is 5.88. The van der Waals surface area contributed by atoms with Gasteiger partial charge in [-0.1, -0.05) is 19.1 Å². The molecule has 15 heavy (non-hydrogen) atoms. The van der Waals surface area contributed by atoms with Crippen LogP contribution in [0.15, 0.2) is 12.2 Å². The molecule has 1 aliphatic carbocycles. The zero-order valence-corrected chi connectivity index (χ0v) is 9.40. The molecule has 1 aliphatic rings. The summed E-state index contributed by atoms with van der Waals surface area (Å²) in [6, 6.07) is 0. The first-order chi connectivity index (χ1) is 7.15. The minimum absolute atomic E-state index is 0.269. The van der Waals surface area contributed by atoms with Crippen LogP contribution in [-0.4, -0.2) is 18.6 Å². The maximum absolute atomic E-state index is 11.1. The van der Waals surface area contributed by atoms with Gasteiger partial charge in [0.1, 0.15) is 6.10 Å². The lowest BCUT2D eigenvalue weighted by Gasteiger charge is -2.26. The van der Waals surface area contributed by atoms with Crippen molar-refractivity contribution in [3.8, 4) is 0 Å². The first-order valence-corrected chi connectivity index (χ1v) is 5.42. The summed E-state index contributed by atoms with van der Waals surface area (Å²) in [7, 11) is 0. The summed E-state index contributed by atoms with van der Waals surface area (Å²) >= 11 is 0. The number of rotatable bonds is 4. The van der Waals surface area contributed by atoms with Crippen molar-refractivity contribution in [2.24, 2.45) is 17.7 Å². The van der Waals surface area contributed by atoms with Crippen molar-refractivity contribution in [2.75, 3.05) is 6.61 Å². The summed E-state index contributed by atoms with van der Waals surface area (Å²) in [5, 5.41) is 0. The molecule has 1 amide bonds. The number of hydrogen-bond donors (Lipinski definition) is 2. The zero-order valence-electron chi connectivity index (χ0n) is 9.40. The first-order valence-electron chi connectivity index (χ1n) is 5.42. The molecule has 3 unspecified atom stereocenters. The Morgan fingerprint density at radius 2 is 2.27 bits per heavy atom. The number of ether oxygens (including phenoxy) is 1. The van der Waals surface area contributed by atoms with Gasteiger partial charge >= 0.3 is 0 Å². The molecule has 0 saturated heterocycles. The number of nitrogens with two attached hydrogens (primary N) is 1. The van der Waals surface area contributed by atoms with E-state index in [1.807, 2.05) is 0 Å². The van der Waals surface area contributed by atoms with Crippen molar-refractivity contribution < 1.29 is 9.53 Å². The number of hydrogen-bond acceptors (Lipinski definition) is 3. The van der Waals surface area contributed by atoms with E-state index in [0.29, 0.717) is 18.4 Å². The quantitative estimate of drug-likeness (QED) is 0.316. The lowest BCUT2D eigenvalue weighted by molar-refractivity contribution is -0.133. The lowest BCUT2D eigenvalue weighted by Crippen LogP contribution is -2.39. The van der Waals surface area contributed by atoms with Crippen LogP contribution < -0.4 is 11.3 Å². The van der Waals surface area contributed by atoms with E-state index in [0.717, 1.165) is 12.8 Å². The van der Waals surface area contributed by atoms with Crippen molar-refractivity contribution in [1.82, 2.24) is 5.43 Å². The highest BCUT2D eigenvalue weighted by molar-refractivity contribution is 5.79. The smallest absolute Gasteiger partial charge is 0.262 e. The molecule has 0 spiro atoms. The summed E-state index contributed by atoms with van der Waals surface area (Å²) in [6.07, 6.45) is 6.07. The molecular formula is C11H20N2O2. The molecule has 3 atom stereocenters. The van der Waals surface area contributed by atoms with Gasteiger partial charge in [0.2, 0.25) is 0 Å². The molecule has 4 heteroatoms. The number of carbonyl (C=O) groups excluding carboxylic acids is 1. The average Bonchev–Trinajstić information content (AvgIpc) is 2.26. The Labute approximate surface area is 90.8 Å². The van der Waals surface area contributed by atoms with E-state index in [1.165, 1.54) is 0 Å². The fourth-order valence-corrected chi connectivity index (χ4v) is 1.70. The van der Waals surface area contributed by atoms with Gasteiger partial charge in [0.15, 0.2) is 0 Å². The zero-order chi connectivity index (χ0) is 11.3. The Bertz CT molecular complexity index is 241. The van der Waals surface area contributed by atoms with Crippen LogP contribution >= 0.6 is 0 Å². The third-order valence-electron chi connectivity index (χ3n) is 2.99. The fourth-order valence-electron chi connectivity index (χ4n) is 1.70. The van der Waals surface area contributed by atoms with Crippen LogP contribution in [0.1, 0.15) is 26.7 Å². The number of hydrazine groups is 1.